The fraction of sp³-hybridized carbons (Fsp3) is 0.462. The van der Waals surface area contributed by atoms with Gasteiger partial charge in [0.1, 0.15) is 5.76 Å². The van der Waals surface area contributed by atoms with E-state index in [0.717, 1.165) is 30.6 Å². The van der Waals surface area contributed by atoms with E-state index in [4.69, 9.17) is 4.74 Å². The Hall–Kier alpha value is -1.31. The normalized spacial score (nSPS) is 21.1. The van der Waals surface area contributed by atoms with E-state index < -0.39 is 0 Å². The summed E-state index contributed by atoms with van der Waals surface area (Å²) in [4.78, 5) is 11.1. The predicted octanol–water partition coefficient (Wildman–Crippen LogP) is 3.37. The molecule has 0 radical (unpaired) electrons. The molecular formula is C13H18O2. The summed E-state index contributed by atoms with van der Waals surface area (Å²) in [6.45, 7) is 11.4. The van der Waals surface area contributed by atoms with Gasteiger partial charge in [-0.2, -0.15) is 0 Å². The summed E-state index contributed by atoms with van der Waals surface area (Å²) in [7, 11) is 0. The van der Waals surface area contributed by atoms with Gasteiger partial charge in [-0.3, -0.25) is 0 Å². The summed E-state index contributed by atoms with van der Waals surface area (Å²) < 4.78 is 5.21. The summed E-state index contributed by atoms with van der Waals surface area (Å²) in [5.74, 6) is 0.882. The van der Waals surface area contributed by atoms with Crippen molar-refractivity contribution in [3.05, 3.63) is 36.1 Å². The van der Waals surface area contributed by atoms with Crippen LogP contribution in [0.25, 0.3) is 0 Å². The Balaban J connectivity index is 2.72. The molecule has 0 amide bonds. The van der Waals surface area contributed by atoms with E-state index in [9.17, 15) is 4.79 Å². The third-order valence-electron chi connectivity index (χ3n) is 2.86. The molecule has 0 saturated carbocycles. The van der Waals surface area contributed by atoms with Gasteiger partial charge < -0.3 is 4.74 Å². The van der Waals surface area contributed by atoms with Gasteiger partial charge >= 0.3 is 5.97 Å². The van der Waals surface area contributed by atoms with E-state index in [1.165, 1.54) is 11.6 Å². The summed E-state index contributed by atoms with van der Waals surface area (Å²) >= 11 is 0. The minimum atomic E-state index is -0.369. The average molecular weight is 206 g/mol. The molecule has 0 aromatic carbocycles. The van der Waals surface area contributed by atoms with Crippen molar-refractivity contribution in [3.63, 3.8) is 0 Å². The van der Waals surface area contributed by atoms with E-state index >= 15 is 0 Å². The molecule has 0 spiro atoms. The van der Waals surface area contributed by atoms with Crippen molar-refractivity contribution in [1.29, 1.82) is 0 Å². The molecule has 0 aliphatic heterocycles. The highest BCUT2D eigenvalue weighted by Crippen LogP contribution is 2.33. The van der Waals surface area contributed by atoms with Gasteiger partial charge in [0.05, 0.1) is 0 Å². The molecule has 1 rings (SSSR count). The van der Waals surface area contributed by atoms with E-state index in [-0.39, 0.29) is 5.97 Å². The van der Waals surface area contributed by atoms with Crippen LogP contribution in [0.3, 0.4) is 0 Å². The number of carbonyl (C=O) groups excluding carboxylic acids is 1. The maximum atomic E-state index is 11.1. The molecule has 0 fully saturated rings. The smallest absolute Gasteiger partial charge is 0.335 e. The second-order valence-corrected chi connectivity index (χ2v) is 4.11. The molecule has 2 nitrogen and oxygen atoms in total. The van der Waals surface area contributed by atoms with Crippen molar-refractivity contribution in [2.75, 3.05) is 0 Å². The molecule has 0 aromatic rings. The largest absolute Gasteiger partial charge is 0.428 e. The monoisotopic (exact) mass is 206 g/mol. The Kier molecular flexibility index (Phi) is 3.89. The molecule has 2 heteroatoms. The van der Waals surface area contributed by atoms with Crippen LogP contribution in [0.4, 0.5) is 0 Å². The summed E-state index contributed by atoms with van der Waals surface area (Å²) in [5.41, 5.74) is 2.33. The zero-order chi connectivity index (χ0) is 11.4. The van der Waals surface area contributed by atoms with Gasteiger partial charge in [-0.15, -0.1) is 0 Å². The lowest BCUT2D eigenvalue weighted by Crippen LogP contribution is -2.14. The molecule has 0 unspecified atom stereocenters. The number of ether oxygens (including phenoxy) is 1. The van der Waals surface area contributed by atoms with Gasteiger partial charge in [-0.25, -0.2) is 4.79 Å². The Bertz CT molecular complexity index is 323. The molecule has 82 valence electrons. The molecule has 0 heterocycles. The molecular weight excluding hydrogens is 188 g/mol. The minimum absolute atomic E-state index is 0.369. The SMILES string of the molecule is C=CC(=O)OC1=C(C)CC[C@@H](C(=C)C)C1. The third-order valence-corrected chi connectivity index (χ3v) is 2.86. The number of rotatable bonds is 3. The zero-order valence-corrected chi connectivity index (χ0v) is 9.51. The van der Waals surface area contributed by atoms with Crippen molar-refractivity contribution < 1.29 is 9.53 Å². The number of hydrogen-bond acceptors (Lipinski definition) is 2. The maximum Gasteiger partial charge on any atom is 0.335 e. The first kappa shape index (κ1) is 11.8. The summed E-state index contributed by atoms with van der Waals surface area (Å²) in [6.07, 6.45) is 4.08. The maximum absolute atomic E-state index is 11.1. The van der Waals surface area contributed by atoms with Crippen LogP contribution in [0.5, 0.6) is 0 Å². The van der Waals surface area contributed by atoms with Crippen molar-refractivity contribution in [1.82, 2.24) is 0 Å². The highest BCUT2D eigenvalue weighted by atomic mass is 16.5. The summed E-state index contributed by atoms with van der Waals surface area (Å²) in [6, 6.07) is 0. The second-order valence-electron chi connectivity index (χ2n) is 4.11. The van der Waals surface area contributed by atoms with Crippen LogP contribution < -0.4 is 0 Å². The van der Waals surface area contributed by atoms with Crippen LogP contribution in [-0.4, -0.2) is 5.97 Å². The zero-order valence-electron chi connectivity index (χ0n) is 9.51. The molecule has 0 aromatic heterocycles. The van der Waals surface area contributed by atoms with Crippen LogP contribution >= 0.6 is 0 Å². The fourth-order valence-electron chi connectivity index (χ4n) is 1.74. The van der Waals surface area contributed by atoms with Crippen molar-refractivity contribution in [3.8, 4) is 0 Å². The van der Waals surface area contributed by atoms with Crippen LogP contribution in [0, 0.1) is 5.92 Å². The number of hydrogen-bond donors (Lipinski definition) is 0. The van der Waals surface area contributed by atoms with E-state index in [2.05, 4.69) is 13.2 Å². The minimum Gasteiger partial charge on any atom is -0.428 e. The quantitative estimate of drug-likeness (QED) is 0.402. The topological polar surface area (TPSA) is 26.3 Å². The molecule has 0 saturated heterocycles. The lowest BCUT2D eigenvalue weighted by Gasteiger charge is -2.25. The number of allylic oxidation sites excluding steroid dienone is 3. The Labute approximate surface area is 91.3 Å². The number of esters is 1. The van der Waals surface area contributed by atoms with E-state index in [1.807, 2.05) is 13.8 Å². The first-order valence-electron chi connectivity index (χ1n) is 5.23. The fourth-order valence-corrected chi connectivity index (χ4v) is 1.74. The molecule has 15 heavy (non-hydrogen) atoms. The Morgan fingerprint density at radius 3 is 2.80 bits per heavy atom. The first-order valence-corrected chi connectivity index (χ1v) is 5.23. The lowest BCUT2D eigenvalue weighted by atomic mass is 9.85. The highest BCUT2D eigenvalue weighted by Gasteiger charge is 2.21. The van der Waals surface area contributed by atoms with Gasteiger partial charge in [0.25, 0.3) is 0 Å². The van der Waals surface area contributed by atoms with Crippen LogP contribution in [0.2, 0.25) is 0 Å². The Morgan fingerprint density at radius 2 is 2.27 bits per heavy atom. The van der Waals surface area contributed by atoms with E-state index in [0.29, 0.717) is 5.92 Å². The standard InChI is InChI=1S/C13H18O2/c1-5-13(14)15-12-8-11(9(2)3)7-6-10(12)4/h5,11H,1-2,6-8H2,3-4H3/t11-/m1/s1. The van der Waals surface area contributed by atoms with Crippen molar-refractivity contribution in [2.45, 2.75) is 33.1 Å². The van der Waals surface area contributed by atoms with Crippen molar-refractivity contribution in [2.24, 2.45) is 5.92 Å². The van der Waals surface area contributed by atoms with E-state index in [1.54, 1.807) is 0 Å². The van der Waals surface area contributed by atoms with Crippen LogP contribution in [0.1, 0.15) is 33.1 Å². The Morgan fingerprint density at radius 1 is 1.60 bits per heavy atom. The predicted molar refractivity (Wildman–Crippen MR) is 61.1 cm³/mol. The lowest BCUT2D eigenvalue weighted by molar-refractivity contribution is -0.134. The number of carbonyl (C=O) groups is 1. The van der Waals surface area contributed by atoms with Crippen LogP contribution in [0.15, 0.2) is 36.1 Å². The molecule has 0 bridgehead atoms. The molecule has 0 N–H and O–H groups in total. The summed E-state index contributed by atoms with van der Waals surface area (Å²) in [5, 5.41) is 0. The average Bonchev–Trinajstić information content (AvgIpc) is 2.20. The molecule has 1 aliphatic rings. The third kappa shape index (κ3) is 3.08. The van der Waals surface area contributed by atoms with Gasteiger partial charge in [-0.1, -0.05) is 18.7 Å². The van der Waals surface area contributed by atoms with Crippen molar-refractivity contribution >= 4 is 5.97 Å². The van der Waals surface area contributed by atoms with Crippen LogP contribution in [-0.2, 0) is 9.53 Å². The van der Waals surface area contributed by atoms with Gasteiger partial charge in [0, 0.05) is 12.5 Å². The van der Waals surface area contributed by atoms with Gasteiger partial charge in [-0.05, 0) is 38.2 Å². The first-order chi connectivity index (χ1) is 7.04. The highest BCUT2D eigenvalue weighted by molar-refractivity contribution is 5.82. The molecule has 1 atom stereocenters. The second kappa shape index (κ2) is 4.96. The molecule has 1 aliphatic carbocycles. The van der Waals surface area contributed by atoms with Gasteiger partial charge in [0.2, 0.25) is 0 Å². The van der Waals surface area contributed by atoms with Gasteiger partial charge in [0.15, 0.2) is 0 Å².